The van der Waals surface area contributed by atoms with Crippen molar-refractivity contribution in [3.05, 3.63) is 29.3 Å². The van der Waals surface area contributed by atoms with Crippen molar-refractivity contribution in [2.45, 2.75) is 44.6 Å². The molecule has 0 aromatic heterocycles. The number of benzene rings is 1. The van der Waals surface area contributed by atoms with Gasteiger partial charge in [-0.05, 0) is 31.4 Å². The Bertz CT molecular complexity index is 333. The lowest BCUT2D eigenvalue weighted by Gasteiger charge is -2.34. The normalized spacial score (nSPS) is 20.1. The first kappa shape index (κ1) is 10.5. The average molecular weight is 205 g/mol. The van der Waals surface area contributed by atoms with Gasteiger partial charge >= 0.3 is 0 Å². The number of nitrogen functional groups attached to an aromatic ring is 1. The summed E-state index contributed by atoms with van der Waals surface area (Å²) in [5.41, 5.74) is 8.11. The molecule has 15 heavy (non-hydrogen) atoms. The third-order valence-corrected chi connectivity index (χ3v) is 3.45. The molecule has 1 aliphatic rings. The number of aliphatic hydroxyl groups is 1. The Labute approximate surface area is 91.1 Å². The van der Waals surface area contributed by atoms with Crippen LogP contribution in [0.1, 0.15) is 43.2 Å². The number of anilines is 1. The van der Waals surface area contributed by atoms with E-state index < -0.39 is 5.60 Å². The molecule has 2 heteroatoms. The van der Waals surface area contributed by atoms with E-state index in [1.165, 1.54) is 6.42 Å². The Morgan fingerprint density at radius 2 is 1.87 bits per heavy atom. The van der Waals surface area contributed by atoms with Crippen molar-refractivity contribution in [2.24, 2.45) is 0 Å². The summed E-state index contributed by atoms with van der Waals surface area (Å²) in [7, 11) is 0. The molecule has 0 radical (unpaired) electrons. The lowest BCUT2D eigenvalue weighted by molar-refractivity contribution is -0.000455. The van der Waals surface area contributed by atoms with Crippen LogP contribution in [0.3, 0.4) is 0 Å². The zero-order chi connectivity index (χ0) is 10.9. The molecule has 0 spiro atoms. The Morgan fingerprint density at radius 1 is 1.20 bits per heavy atom. The molecular formula is C13H19NO. The van der Waals surface area contributed by atoms with E-state index in [1.54, 1.807) is 0 Å². The average Bonchev–Trinajstić information content (AvgIpc) is 2.18. The number of aryl methyl sites for hydroxylation is 1. The maximum Gasteiger partial charge on any atom is 0.0918 e. The van der Waals surface area contributed by atoms with Gasteiger partial charge in [-0.2, -0.15) is 0 Å². The maximum absolute atomic E-state index is 10.6. The number of hydrogen-bond donors (Lipinski definition) is 2. The SMILES string of the molecule is Cc1cccc(N)c1C1(O)CCCCC1. The molecule has 0 bridgehead atoms. The van der Waals surface area contributed by atoms with Crippen molar-refractivity contribution in [1.82, 2.24) is 0 Å². The second kappa shape index (κ2) is 3.86. The minimum atomic E-state index is -0.673. The van der Waals surface area contributed by atoms with Crippen LogP contribution in [0.5, 0.6) is 0 Å². The Morgan fingerprint density at radius 3 is 2.47 bits per heavy atom. The smallest absolute Gasteiger partial charge is 0.0918 e. The molecule has 0 unspecified atom stereocenters. The highest BCUT2D eigenvalue weighted by Crippen LogP contribution is 2.40. The van der Waals surface area contributed by atoms with Crippen LogP contribution < -0.4 is 5.73 Å². The predicted octanol–water partition coefficient (Wildman–Crippen LogP) is 2.73. The van der Waals surface area contributed by atoms with Crippen molar-refractivity contribution >= 4 is 5.69 Å². The summed E-state index contributed by atoms with van der Waals surface area (Å²) >= 11 is 0. The summed E-state index contributed by atoms with van der Waals surface area (Å²) in [6.45, 7) is 2.03. The lowest BCUT2D eigenvalue weighted by Crippen LogP contribution is -2.30. The number of hydrogen-bond acceptors (Lipinski definition) is 2. The van der Waals surface area contributed by atoms with Gasteiger partial charge in [-0.25, -0.2) is 0 Å². The van der Waals surface area contributed by atoms with Crippen LogP contribution in [0.4, 0.5) is 5.69 Å². The quantitative estimate of drug-likeness (QED) is 0.692. The summed E-state index contributed by atoms with van der Waals surface area (Å²) in [6, 6.07) is 5.85. The van der Waals surface area contributed by atoms with Gasteiger partial charge in [-0.3, -0.25) is 0 Å². The fraction of sp³-hybridized carbons (Fsp3) is 0.538. The molecule has 1 aliphatic carbocycles. The fourth-order valence-corrected chi connectivity index (χ4v) is 2.71. The monoisotopic (exact) mass is 205 g/mol. The molecule has 1 fully saturated rings. The van der Waals surface area contributed by atoms with Gasteiger partial charge in [0.15, 0.2) is 0 Å². The van der Waals surface area contributed by atoms with Crippen LogP contribution in [0.15, 0.2) is 18.2 Å². The van der Waals surface area contributed by atoms with Gasteiger partial charge in [0.05, 0.1) is 5.60 Å². The van der Waals surface area contributed by atoms with Crippen LogP contribution in [0, 0.1) is 6.92 Å². The van der Waals surface area contributed by atoms with E-state index in [1.807, 2.05) is 25.1 Å². The number of rotatable bonds is 1. The molecule has 3 N–H and O–H groups in total. The van der Waals surface area contributed by atoms with Gasteiger partial charge in [0.2, 0.25) is 0 Å². The first-order valence-electron chi connectivity index (χ1n) is 5.71. The van der Waals surface area contributed by atoms with Gasteiger partial charge in [0, 0.05) is 11.3 Å². The van der Waals surface area contributed by atoms with Crippen molar-refractivity contribution < 1.29 is 5.11 Å². The second-order valence-electron chi connectivity index (χ2n) is 4.63. The Hall–Kier alpha value is -1.02. The van der Waals surface area contributed by atoms with Gasteiger partial charge in [0.1, 0.15) is 0 Å². The predicted molar refractivity (Wildman–Crippen MR) is 62.6 cm³/mol. The van der Waals surface area contributed by atoms with Gasteiger partial charge in [-0.1, -0.05) is 31.4 Å². The molecule has 1 aromatic rings. The standard InChI is InChI=1S/C13H19NO/c1-10-6-5-7-11(14)12(10)13(15)8-3-2-4-9-13/h5-7,15H,2-4,8-9,14H2,1H3. The Balaban J connectivity index is 2.42. The van der Waals surface area contributed by atoms with E-state index in [2.05, 4.69) is 0 Å². The van der Waals surface area contributed by atoms with E-state index in [0.717, 1.165) is 42.5 Å². The van der Waals surface area contributed by atoms with E-state index >= 15 is 0 Å². The summed E-state index contributed by atoms with van der Waals surface area (Å²) in [4.78, 5) is 0. The zero-order valence-corrected chi connectivity index (χ0v) is 9.29. The van der Waals surface area contributed by atoms with E-state index in [4.69, 9.17) is 5.73 Å². The molecule has 0 heterocycles. The maximum atomic E-state index is 10.6. The summed E-state index contributed by atoms with van der Waals surface area (Å²) in [5.74, 6) is 0. The minimum absolute atomic E-state index is 0.673. The largest absolute Gasteiger partial charge is 0.398 e. The highest BCUT2D eigenvalue weighted by atomic mass is 16.3. The highest BCUT2D eigenvalue weighted by Gasteiger charge is 2.33. The van der Waals surface area contributed by atoms with Crippen molar-refractivity contribution in [3.63, 3.8) is 0 Å². The number of nitrogens with two attached hydrogens (primary N) is 1. The molecule has 82 valence electrons. The van der Waals surface area contributed by atoms with Crippen LogP contribution >= 0.6 is 0 Å². The summed E-state index contributed by atoms with van der Waals surface area (Å²) in [6.07, 6.45) is 5.13. The van der Waals surface area contributed by atoms with Crippen LogP contribution in [-0.2, 0) is 5.60 Å². The molecule has 0 aliphatic heterocycles. The van der Waals surface area contributed by atoms with E-state index in [0.29, 0.717) is 0 Å². The first-order chi connectivity index (χ1) is 7.13. The third kappa shape index (κ3) is 1.86. The highest BCUT2D eigenvalue weighted by molar-refractivity contribution is 5.53. The first-order valence-corrected chi connectivity index (χ1v) is 5.71. The molecule has 0 amide bonds. The molecule has 2 rings (SSSR count). The molecule has 0 atom stereocenters. The topological polar surface area (TPSA) is 46.2 Å². The van der Waals surface area contributed by atoms with Crippen molar-refractivity contribution in [1.29, 1.82) is 0 Å². The van der Waals surface area contributed by atoms with Gasteiger partial charge < -0.3 is 10.8 Å². The van der Waals surface area contributed by atoms with E-state index in [-0.39, 0.29) is 0 Å². The Kier molecular flexibility index (Phi) is 2.70. The van der Waals surface area contributed by atoms with Gasteiger partial charge in [-0.15, -0.1) is 0 Å². The molecule has 0 saturated heterocycles. The van der Waals surface area contributed by atoms with Gasteiger partial charge in [0.25, 0.3) is 0 Å². The van der Waals surface area contributed by atoms with Crippen LogP contribution in [-0.4, -0.2) is 5.11 Å². The third-order valence-electron chi connectivity index (χ3n) is 3.45. The second-order valence-corrected chi connectivity index (χ2v) is 4.63. The van der Waals surface area contributed by atoms with Crippen molar-refractivity contribution in [2.75, 3.05) is 5.73 Å². The van der Waals surface area contributed by atoms with Crippen LogP contribution in [0.25, 0.3) is 0 Å². The minimum Gasteiger partial charge on any atom is -0.398 e. The zero-order valence-electron chi connectivity index (χ0n) is 9.29. The van der Waals surface area contributed by atoms with Crippen LogP contribution in [0.2, 0.25) is 0 Å². The van der Waals surface area contributed by atoms with Crippen molar-refractivity contribution in [3.8, 4) is 0 Å². The van der Waals surface area contributed by atoms with E-state index in [9.17, 15) is 5.11 Å². The molecule has 2 nitrogen and oxygen atoms in total. The fourth-order valence-electron chi connectivity index (χ4n) is 2.71. The molecule has 1 saturated carbocycles. The lowest BCUT2D eigenvalue weighted by atomic mass is 9.77. The summed E-state index contributed by atoms with van der Waals surface area (Å²) < 4.78 is 0. The summed E-state index contributed by atoms with van der Waals surface area (Å²) in [5, 5.41) is 10.6. The molecule has 1 aromatic carbocycles. The molecular weight excluding hydrogens is 186 g/mol.